The molecule has 0 heterocycles. The molecule has 0 saturated heterocycles. The third-order valence-electron chi connectivity index (χ3n) is 0.909. The first-order chi connectivity index (χ1) is 4.98. The minimum atomic E-state index is -2.17. The maximum absolute atomic E-state index is 10.2. The van der Waals surface area contributed by atoms with Gasteiger partial charge in [0.15, 0.2) is 0 Å². The van der Waals surface area contributed by atoms with Gasteiger partial charge in [-0.15, -0.1) is 0 Å². The van der Waals surface area contributed by atoms with E-state index in [0.717, 1.165) is 0 Å². The topological polar surface area (TPSA) is 105 Å². The van der Waals surface area contributed by atoms with Gasteiger partial charge in [0, 0.05) is 0 Å². The van der Waals surface area contributed by atoms with Gasteiger partial charge in [-0.05, 0) is 18.9 Å². The van der Waals surface area contributed by atoms with Crippen LogP contribution in [0.15, 0.2) is 0 Å². The lowest BCUT2D eigenvalue weighted by Crippen LogP contribution is -2.38. The maximum Gasteiger partial charge on any atom is 0.313 e. The summed E-state index contributed by atoms with van der Waals surface area (Å²) in [5.41, 5.74) is 10.3. The minimum absolute atomic E-state index is 0.184. The van der Waals surface area contributed by atoms with Crippen LogP contribution in [0.3, 0.4) is 0 Å². The van der Waals surface area contributed by atoms with Crippen LogP contribution in [0.2, 0.25) is 0 Å². The lowest BCUT2D eigenvalue weighted by atomic mass is 11.0. The lowest BCUT2D eigenvalue weighted by Gasteiger charge is -2.16. The van der Waals surface area contributed by atoms with Crippen LogP contribution in [0.1, 0.15) is 0 Å². The van der Waals surface area contributed by atoms with Crippen LogP contribution in [-0.4, -0.2) is 19.7 Å². The second kappa shape index (κ2) is 4.63. The molecule has 6 nitrogen and oxygen atoms in total. The van der Waals surface area contributed by atoms with Crippen molar-refractivity contribution in [3.05, 3.63) is 0 Å². The molecule has 1 atom stereocenters. The minimum Gasteiger partial charge on any atom is -0.352 e. The van der Waals surface area contributed by atoms with E-state index >= 15 is 0 Å². The van der Waals surface area contributed by atoms with Crippen LogP contribution < -0.4 is 26.7 Å². The molecule has 0 rings (SSSR count). The highest BCUT2D eigenvalue weighted by molar-refractivity contribution is 8.11. The molecule has 0 aliphatic heterocycles. The van der Waals surface area contributed by atoms with E-state index in [4.69, 9.17) is 23.0 Å². The average Bonchev–Trinajstić information content (AvgIpc) is 1.87. The molecular formula is C3H12N5OPS. The predicted octanol–water partition coefficient (Wildman–Crippen LogP) is -1.40. The van der Waals surface area contributed by atoms with Crippen LogP contribution in [0.25, 0.3) is 0 Å². The normalized spacial score (nSPS) is 15.5. The van der Waals surface area contributed by atoms with Crippen LogP contribution in [0.4, 0.5) is 4.79 Å². The van der Waals surface area contributed by atoms with Crippen molar-refractivity contribution >= 4 is 24.3 Å². The van der Waals surface area contributed by atoms with Gasteiger partial charge < -0.3 is 11.1 Å². The number of nitrogens with two attached hydrogens (primary N) is 2. The van der Waals surface area contributed by atoms with Gasteiger partial charge in [0.2, 0.25) is 0 Å². The van der Waals surface area contributed by atoms with Gasteiger partial charge in [-0.1, -0.05) is 0 Å². The van der Waals surface area contributed by atoms with Crippen LogP contribution >= 0.6 is 6.49 Å². The summed E-state index contributed by atoms with van der Waals surface area (Å²) in [5, 5.41) is 7.74. The van der Waals surface area contributed by atoms with E-state index in [0.29, 0.717) is 0 Å². The van der Waals surface area contributed by atoms with Crippen molar-refractivity contribution in [1.29, 1.82) is 0 Å². The van der Waals surface area contributed by atoms with Gasteiger partial charge in [0.1, 0.15) is 6.49 Å². The summed E-state index contributed by atoms with van der Waals surface area (Å²) in [7, 11) is 1.65. The maximum atomic E-state index is 10.2. The Morgan fingerprint density at radius 1 is 1.73 bits per heavy atom. The molecule has 0 saturated carbocycles. The first-order valence-corrected chi connectivity index (χ1v) is 5.71. The number of nitrogens with one attached hydrogen (secondary N) is 3. The summed E-state index contributed by atoms with van der Waals surface area (Å²) in [6.07, 6.45) is 0. The largest absolute Gasteiger partial charge is 0.352 e. The number of hydrogen-bond acceptors (Lipinski definition) is 2. The molecule has 1 unspecified atom stereocenters. The number of carbonyl (C=O) groups is 1. The number of primary amides is 1. The number of urea groups is 1. The molecule has 0 fully saturated rings. The van der Waals surface area contributed by atoms with E-state index in [-0.39, 0.29) is 6.67 Å². The first kappa shape index (κ1) is 10.8. The zero-order valence-corrected chi connectivity index (χ0v) is 7.84. The van der Waals surface area contributed by atoms with E-state index in [1.807, 2.05) is 0 Å². The van der Waals surface area contributed by atoms with E-state index in [2.05, 4.69) is 15.5 Å². The second-order valence-electron chi connectivity index (χ2n) is 1.76. The zero-order valence-electron chi connectivity index (χ0n) is 6.13. The van der Waals surface area contributed by atoms with Crippen LogP contribution in [0.5, 0.6) is 0 Å². The highest BCUT2D eigenvalue weighted by Crippen LogP contribution is 2.21. The van der Waals surface area contributed by atoms with E-state index < -0.39 is 12.5 Å². The van der Waals surface area contributed by atoms with Gasteiger partial charge in [0.25, 0.3) is 0 Å². The molecule has 0 aliphatic rings. The van der Waals surface area contributed by atoms with Crippen molar-refractivity contribution in [2.24, 2.45) is 11.2 Å². The van der Waals surface area contributed by atoms with Crippen molar-refractivity contribution in [3.63, 3.8) is 0 Å². The number of amides is 2. The molecule has 0 spiro atoms. The van der Waals surface area contributed by atoms with Crippen molar-refractivity contribution in [2.75, 3.05) is 13.7 Å². The fourth-order valence-corrected chi connectivity index (χ4v) is 0.989. The van der Waals surface area contributed by atoms with Crippen molar-refractivity contribution in [3.8, 4) is 0 Å². The lowest BCUT2D eigenvalue weighted by molar-refractivity contribution is 0.249. The van der Waals surface area contributed by atoms with E-state index in [9.17, 15) is 4.79 Å². The average molecular weight is 197 g/mol. The first-order valence-electron chi connectivity index (χ1n) is 2.84. The summed E-state index contributed by atoms with van der Waals surface area (Å²) in [6, 6.07) is -0.608. The van der Waals surface area contributed by atoms with Gasteiger partial charge in [-0.3, -0.25) is 10.6 Å². The Bertz CT molecular complexity index is 185. The third-order valence-corrected chi connectivity index (χ3v) is 3.14. The third kappa shape index (κ3) is 6.21. The van der Waals surface area contributed by atoms with E-state index in [1.54, 1.807) is 7.05 Å². The zero-order chi connectivity index (χ0) is 8.91. The summed E-state index contributed by atoms with van der Waals surface area (Å²) < 4.78 is 0. The monoisotopic (exact) mass is 197 g/mol. The fourth-order valence-electron chi connectivity index (χ4n) is 0.323. The van der Waals surface area contributed by atoms with Crippen molar-refractivity contribution in [2.45, 2.75) is 0 Å². The second-order valence-corrected chi connectivity index (χ2v) is 5.56. The summed E-state index contributed by atoms with van der Waals surface area (Å²) in [6.45, 7) is -1.98. The molecule has 0 aliphatic carbocycles. The molecule has 2 amide bonds. The van der Waals surface area contributed by atoms with Crippen molar-refractivity contribution in [1.82, 2.24) is 15.5 Å². The van der Waals surface area contributed by atoms with Gasteiger partial charge >= 0.3 is 6.03 Å². The standard InChI is InChI=1S/C3H12N5OPS/c1-6-10(5,11)8-2-7-3(4)9/h2H2,1H3,(H3,4,7,9)(H4,5,6,8,11). The SMILES string of the molecule is CNP(N)(=S)NCNC(N)=O. The van der Waals surface area contributed by atoms with Crippen LogP contribution in [0, 0.1) is 0 Å². The molecule has 0 bridgehead atoms. The van der Waals surface area contributed by atoms with Gasteiger partial charge in [-0.2, -0.15) is 0 Å². The molecule has 0 aromatic heterocycles. The van der Waals surface area contributed by atoms with Gasteiger partial charge in [-0.25, -0.2) is 9.88 Å². The highest BCUT2D eigenvalue weighted by atomic mass is 32.4. The Labute approximate surface area is 70.2 Å². The Morgan fingerprint density at radius 2 is 2.27 bits per heavy atom. The Kier molecular flexibility index (Phi) is 4.55. The summed E-state index contributed by atoms with van der Waals surface area (Å²) in [5.74, 6) is 0. The van der Waals surface area contributed by atoms with Crippen molar-refractivity contribution < 1.29 is 4.79 Å². The summed E-state index contributed by atoms with van der Waals surface area (Å²) >= 11 is 4.87. The molecule has 7 N–H and O–H groups in total. The van der Waals surface area contributed by atoms with E-state index in [1.165, 1.54) is 0 Å². The molecule has 0 aromatic carbocycles. The predicted molar refractivity (Wildman–Crippen MR) is 48.3 cm³/mol. The Balaban J connectivity index is 3.54. The number of carbonyl (C=O) groups excluding carboxylic acids is 1. The highest BCUT2D eigenvalue weighted by Gasteiger charge is 2.04. The molecular weight excluding hydrogens is 185 g/mol. The quantitative estimate of drug-likeness (QED) is 0.282. The number of rotatable bonds is 4. The number of hydrogen-bond donors (Lipinski definition) is 5. The smallest absolute Gasteiger partial charge is 0.313 e. The molecule has 0 aromatic rings. The molecule has 8 heteroatoms. The molecule has 66 valence electrons. The Hall–Kier alpha value is -0.200. The fraction of sp³-hybridized carbons (Fsp3) is 0.667. The Morgan fingerprint density at radius 3 is 2.64 bits per heavy atom. The summed E-state index contributed by atoms with van der Waals surface area (Å²) in [4.78, 5) is 10.2. The van der Waals surface area contributed by atoms with Crippen LogP contribution in [-0.2, 0) is 11.8 Å². The molecule has 0 radical (unpaired) electrons. The molecule has 11 heavy (non-hydrogen) atoms. The van der Waals surface area contributed by atoms with Gasteiger partial charge in [0.05, 0.1) is 6.67 Å².